The summed E-state index contributed by atoms with van der Waals surface area (Å²) in [5.74, 6) is -0.104. The Kier molecular flexibility index (Phi) is 5.70. The molecule has 1 amide bonds. The monoisotopic (exact) mass is 381 g/mol. The number of fused-ring (bicyclic) bond motifs is 1. The first-order chi connectivity index (χ1) is 12.0. The lowest BCUT2D eigenvalue weighted by Gasteiger charge is -2.22. The minimum atomic E-state index is -1.12. The molecule has 3 rings (SSSR count). The Balaban J connectivity index is 1.75. The molecule has 2 unspecified atom stereocenters. The first-order valence-corrected chi connectivity index (χ1v) is 9.37. The normalized spacial score (nSPS) is 23.4. The van der Waals surface area contributed by atoms with Crippen LogP contribution < -0.4 is 0 Å². The highest BCUT2D eigenvalue weighted by Gasteiger charge is 2.36. The summed E-state index contributed by atoms with van der Waals surface area (Å²) >= 11 is 12.2. The smallest absolute Gasteiger partial charge is 0.332 e. The van der Waals surface area contributed by atoms with Crippen molar-refractivity contribution < 1.29 is 14.7 Å². The maximum atomic E-state index is 12.6. The molecule has 1 N–H and O–H groups in total. The number of carboxylic acids is 1. The van der Waals surface area contributed by atoms with Gasteiger partial charge in [-0.05, 0) is 42.9 Å². The number of benzene rings is 1. The number of halogens is 2. The summed E-state index contributed by atoms with van der Waals surface area (Å²) in [6, 6.07) is 4.98. The zero-order chi connectivity index (χ0) is 18.0. The lowest BCUT2D eigenvalue weighted by molar-refractivity contribution is -0.136. The van der Waals surface area contributed by atoms with Crippen molar-refractivity contribution in [2.24, 2.45) is 11.8 Å². The number of rotatable bonds is 4. The highest BCUT2D eigenvalue weighted by molar-refractivity contribution is 6.37. The Labute approximate surface area is 157 Å². The number of hydrogen-bond donors (Lipinski definition) is 1. The SMILES string of the molecule is O=C(O)/C(=C/c1c(Cl)cccc1Cl)CC(=O)N1CC2CCCCC2C1. The molecule has 1 aliphatic carbocycles. The summed E-state index contributed by atoms with van der Waals surface area (Å²) < 4.78 is 0. The molecular formula is C19H21Cl2NO3. The minimum absolute atomic E-state index is 0.00914. The van der Waals surface area contributed by atoms with Gasteiger partial charge in [0.1, 0.15) is 0 Å². The maximum absolute atomic E-state index is 12.6. The van der Waals surface area contributed by atoms with Crippen molar-refractivity contribution in [1.29, 1.82) is 0 Å². The van der Waals surface area contributed by atoms with Crippen molar-refractivity contribution in [3.63, 3.8) is 0 Å². The van der Waals surface area contributed by atoms with Crippen LogP contribution in [-0.4, -0.2) is 35.0 Å². The summed E-state index contributed by atoms with van der Waals surface area (Å²) in [6.07, 6.45) is 6.07. The van der Waals surface area contributed by atoms with Crippen molar-refractivity contribution in [2.75, 3.05) is 13.1 Å². The number of hydrogen-bond acceptors (Lipinski definition) is 2. The van der Waals surface area contributed by atoms with Crippen LogP contribution in [0.5, 0.6) is 0 Å². The van der Waals surface area contributed by atoms with Crippen molar-refractivity contribution >= 4 is 41.2 Å². The van der Waals surface area contributed by atoms with E-state index in [1.165, 1.54) is 31.8 Å². The molecule has 0 bridgehead atoms. The van der Waals surface area contributed by atoms with Gasteiger partial charge in [0.25, 0.3) is 0 Å². The molecule has 0 spiro atoms. The number of carbonyl (C=O) groups excluding carboxylic acids is 1. The van der Waals surface area contributed by atoms with Gasteiger partial charge < -0.3 is 10.0 Å². The lowest BCUT2D eigenvalue weighted by atomic mass is 9.82. The van der Waals surface area contributed by atoms with Gasteiger partial charge in [-0.1, -0.05) is 42.1 Å². The summed E-state index contributed by atoms with van der Waals surface area (Å²) in [5, 5.41) is 10.2. The minimum Gasteiger partial charge on any atom is -0.478 e. The zero-order valence-electron chi connectivity index (χ0n) is 13.9. The summed E-state index contributed by atoms with van der Waals surface area (Å²) in [5.41, 5.74) is 0.445. The van der Waals surface area contributed by atoms with Crippen molar-refractivity contribution in [3.8, 4) is 0 Å². The molecule has 4 nitrogen and oxygen atoms in total. The third-order valence-electron chi connectivity index (χ3n) is 5.26. The Morgan fingerprint density at radius 2 is 1.68 bits per heavy atom. The molecule has 25 heavy (non-hydrogen) atoms. The Morgan fingerprint density at radius 1 is 1.12 bits per heavy atom. The van der Waals surface area contributed by atoms with E-state index < -0.39 is 5.97 Å². The average molecular weight is 382 g/mol. The molecule has 1 saturated carbocycles. The van der Waals surface area contributed by atoms with E-state index in [-0.39, 0.29) is 17.9 Å². The van der Waals surface area contributed by atoms with Gasteiger partial charge in [0.2, 0.25) is 5.91 Å². The molecule has 1 aliphatic heterocycles. The highest BCUT2D eigenvalue weighted by atomic mass is 35.5. The van der Waals surface area contributed by atoms with Crippen LogP contribution in [0, 0.1) is 11.8 Å². The molecule has 1 heterocycles. The highest BCUT2D eigenvalue weighted by Crippen LogP contribution is 2.36. The van der Waals surface area contributed by atoms with Crippen LogP contribution in [0.25, 0.3) is 6.08 Å². The van der Waals surface area contributed by atoms with Crippen LogP contribution >= 0.6 is 23.2 Å². The average Bonchev–Trinajstić information content (AvgIpc) is 3.01. The second-order valence-electron chi connectivity index (χ2n) is 6.89. The molecule has 0 aromatic heterocycles. The van der Waals surface area contributed by atoms with E-state index in [2.05, 4.69) is 0 Å². The molecule has 2 atom stereocenters. The van der Waals surface area contributed by atoms with Crippen LogP contribution in [0.15, 0.2) is 23.8 Å². The number of carbonyl (C=O) groups is 2. The molecule has 2 fully saturated rings. The van der Waals surface area contributed by atoms with E-state index in [0.717, 1.165) is 13.1 Å². The predicted molar refractivity (Wildman–Crippen MR) is 98.7 cm³/mol. The van der Waals surface area contributed by atoms with E-state index >= 15 is 0 Å². The lowest BCUT2D eigenvalue weighted by Crippen LogP contribution is -2.29. The number of nitrogens with zero attached hydrogens (tertiary/aromatic N) is 1. The molecule has 1 aromatic carbocycles. The third-order valence-corrected chi connectivity index (χ3v) is 5.92. The van der Waals surface area contributed by atoms with Gasteiger partial charge in [0.15, 0.2) is 0 Å². The van der Waals surface area contributed by atoms with E-state index in [1.807, 2.05) is 4.90 Å². The van der Waals surface area contributed by atoms with Gasteiger partial charge in [-0.3, -0.25) is 4.79 Å². The number of carboxylic acid groups (broad SMARTS) is 1. The van der Waals surface area contributed by atoms with Gasteiger partial charge in [0, 0.05) is 34.3 Å². The standard InChI is InChI=1S/C19H21Cl2NO3/c20-16-6-3-7-17(21)15(16)8-14(19(24)25)9-18(23)22-10-12-4-1-2-5-13(12)11-22/h3,6-8,12-13H,1-2,4-5,9-11H2,(H,24,25)/b14-8+. The summed E-state index contributed by atoms with van der Waals surface area (Å²) in [7, 11) is 0. The largest absolute Gasteiger partial charge is 0.478 e. The van der Waals surface area contributed by atoms with E-state index in [1.54, 1.807) is 18.2 Å². The van der Waals surface area contributed by atoms with Crippen LogP contribution in [0.1, 0.15) is 37.7 Å². The topological polar surface area (TPSA) is 57.6 Å². The second-order valence-corrected chi connectivity index (χ2v) is 7.70. The van der Waals surface area contributed by atoms with E-state index in [9.17, 15) is 14.7 Å². The summed E-state index contributed by atoms with van der Waals surface area (Å²) in [4.78, 5) is 26.0. The van der Waals surface area contributed by atoms with Crippen molar-refractivity contribution in [2.45, 2.75) is 32.1 Å². The molecule has 2 aliphatic rings. The Bertz CT molecular complexity index is 682. The van der Waals surface area contributed by atoms with Crippen LogP contribution in [0.2, 0.25) is 10.0 Å². The Morgan fingerprint density at radius 3 is 2.20 bits per heavy atom. The number of likely N-dealkylation sites (tertiary alicyclic amines) is 1. The predicted octanol–water partition coefficient (Wildman–Crippen LogP) is 4.50. The zero-order valence-corrected chi connectivity index (χ0v) is 15.4. The van der Waals surface area contributed by atoms with Crippen LogP contribution in [0.4, 0.5) is 0 Å². The molecule has 1 saturated heterocycles. The molecule has 134 valence electrons. The van der Waals surface area contributed by atoms with Crippen LogP contribution in [0.3, 0.4) is 0 Å². The van der Waals surface area contributed by atoms with Crippen LogP contribution in [-0.2, 0) is 9.59 Å². The molecule has 1 aromatic rings. The van der Waals surface area contributed by atoms with E-state index in [0.29, 0.717) is 27.4 Å². The maximum Gasteiger partial charge on any atom is 0.332 e. The van der Waals surface area contributed by atoms with Gasteiger partial charge in [-0.25, -0.2) is 4.79 Å². The van der Waals surface area contributed by atoms with Crippen molar-refractivity contribution in [1.82, 2.24) is 4.90 Å². The Hall–Kier alpha value is -1.52. The number of aliphatic carboxylic acids is 1. The summed E-state index contributed by atoms with van der Waals surface area (Å²) in [6.45, 7) is 1.51. The second kappa shape index (κ2) is 7.79. The molecule has 6 heteroatoms. The fourth-order valence-electron chi connectivity index (χ4n) is 3.90. The fourth-order valence-corrected chi connectivity index (χ4v) is 4.40. The molecular weight excluding hydrogens is 361 g/mol. The third kappa shape index (κ3) is 4.18. The molecule has 0 radical (unpaired) electrons. The van der Waals surface area contributed by atoms with Gasteiger partial charge in [0.05, 0.1) is 6.42 Å². The first kappa shape index (κ1) is 18.3. The fraction of sp³-hybridized carbons (Fsp3) is 0.474. The van der Waals surface area contributed by atoms with Gasteiger partial charge in [-0.15, -0.1) is 0 Å². The van der Waals surface area contributed by atoms with Crippen molar-refractivity contribution in [3.05, 3.63) is 39.4 Å². The van der Waals surface area contributed by atoms with Gasteiger partial charge in [-0.2, -0.15) is 0 Å². The first-order valence-electron chi connectivity index (χ1n) is 8.61. The van der Waals surface area contributed by atoms with Gasteiger partial charge >= 0.3 is 5.97 Å². The van der Waals surface area contributed by atoms with E-state index in [4.69, 9.17) is 23.2 Å². The number of amides is 1. The quantitative estimate of drug-likeness (QED) is 0.780.